The maximum atomic E-state index is 11.4. The normalized spacial score (nSPS) is 10.6. The van der Waals surface area contributed by atoms with Gasteiger partial charge >= 0.3 is 23.9 Å². The summed E-state index contributed by atoms with van der Waals surface area (Å²) in [5, 5.41) is 36.6. The van der Waals surface area contributed by atoms with Gasteiger partial charge in [-0.05, 0) is 35.4 Å². The first-order valence-corrected chi connectivity index (χ1v) is 7.10. The molecule has 8 nitrogen and oxygen atoms in total. The second-order valence-corrected chi connectivity index (χ2v) is 5.13. The average molecular weight is 356 g/mol. The van der Waals surface area contributed by atoms with Crippen LogP contribution in [-0.4, -0.2) is 44.3 Å². The van der Waals surface area contributed by atoms with Gasteiger partial charge in [0.15, 0.2) is 0 Å². The molecule has 26 heavy (non-hydrogen) atoms. The second kappa shape index (κ2) is 7.31. The third-order valence-corrected chi connectivity index (χ3v) is 3.51. The average Bonchev–Trinajstić information content (AvgIpc) is 2.58. The van der Waals surface area contributed by atoms with Crippen LogP contribution in [0.15, 0.2) is 36.4 Å². The van der Waals surface area contributed by atoms with E-state index >= 15 is 0 Å². The van der Waals surface area contributed by atoms with Crippen molar-refractivity contribution >= 4 is 36.0 Å². The van der Waals surface area contributed by atoms with Crippen molar-refractivity contribution in [3.8, 4) is 0 Å². The van der Waals surface area contributed by atoms with Crippen LogP contribution in [-0.2, 0) is 0 Å². The summed E-state index contributed by atoms with van der Waals surface area (Å²) in [6.07, 6.45) is 2.45. The minimum Gasteiger partial charge on any atom is -0.478 e. The van der Waals surface area contributed by atoms with E-state index in [0.717, 1.165) is 24.3 Å². The van der Waals surface area contributed by atoms with E-state index in [0.29, 0.717) is 0 Å². The molecule has 0 aliphatic carbocycles. The maximum absolute atomic E-state index is 11.4. The molecule has 0 amide bonds. The van der Waals surface area contributed by atoms with Gasteiger partial charge in [-0.25, -0.2) is 19.2 Å². The van der Waals surface area contributed by atoms with Crippen LogP contribution in [0.3, 0.4) is 0 Å². The number of rotatable bonds is 6. The zero-order chi connectivity index (χ0) is 19.4. The number of aromatic carboxylic acids is 4. The molecule has 0 atom stereocenters. The third-order valence-electron chi connectivity index (χ3n) is 3.51. The molecule has 0 heterocycles. The lowest BCUT2D eigenvalue weighted by Crippen LogP contribution is -2.09. The Labute approximate surface area is 146 Å². The molecule has 0 unspecified atom stereocenters. The number of carboxylic acids is 4. The van der Waals surface area contributed by atoms with Crippen LogP contribution in [0.1, 0.15) is 52.6 Å². The minimum atomic E-state index is -1.46. The highest BCUT2D eigenvalue weighted by Crippen LogP contribution is 2.20. The molecule has 0 fully saturated rings. The van der Waals surface area contributed by atoms with Gasteiger partial charge in [-0.2, -0.15) is 0 Å². The topological polar surface area (TPSA) is 149 Å². The third kappa shape index (κ3) is 3.75. The Hall–Kier alpha value is -3.94. The Morgan fingerprint density at radius 2 is 1.27 bits per heavy atom. The van der Waals surface area contributed by atoms with Gasteiger partial charge in [0, 0.05) is 0 Å². The summed E-state index contributed by atoms with van der Waals surface area (Å²) in [5.41, 5.74) is -1.13. The van der Waals surface area contributed by atoms with Gasteiger partial charge in [0.1, 0.15) is 0 Å². The summed E-state index contributed by atoms with van der Waals surface area (Å²) >= 11 is 0. The monoisotopic (exact) mass is 356 g/mol. The van der Waals surface area contributed by atoms with Gasteiger partial charge in [-0.15, -0.1) is 0 Å². The van der Waals surface area contributed by atoms with Crippen molar-refractivity contribution in [2.75, 3.05) is 0 Å². The van der Waals surface area contributed by atoms with Crippen LogP contribution in [0.5, 0.6) is 0 Å². The molecule has 0 saturated heterocycles. The Bertz CT molecular complexity index is 952. The first-order chi connectivity index (χ1) is 12.2. The van der Waals surface area contributed by atoms with Gasteiger partial charge in [0.2, 0.25) is 0 Å². The zero-order valence-corrected chi connectivity index (χ0v) is 13.0. The largest absolute Gasteiger partial charge is 0.478 e. The van der Waals surface area contributed by atoms with Crippen molar-refractivity contribution in [1.29, 1.82) is 0 Å². The predicted octanol–water partition coefficient (Wildman–Crippen LogP) is 2.65. The number of benzene rings is 2. The standard InChI is InChI=1S/C18H12O8/c19-15(20)11-6-7-12(16(21)22)10(8-11)5-4-9-2-1-3-13(17(23)24)14(9)18(25)26/h1-8H,(H,19,20)(H,21,22)(H,23,24)(H,25,26)/b5-4-. The van der Waals surface area contributed by atoms with Crippen molar-refractivity contribution in [3.05, 3.63) is 69.8 Å². The molecule has 2 aromatic carbocycles. The van der Waals surface area contributed by atoms with Crippen molar-refractivity contribution in [1.82, 2.24) is 0 Å². The van der Waals surface area contributed by atoms with Crippen LogP contribution in [0, 0.1) is 0 Å². The molecule has 0 saturated carbocycles. The Morgan fingerprint density at radius 1 is 0.654 bits per heavy atom. The molecule has 0 aliphatic rings. The van der Waals surface area contributed by atoms with Gasteiger partial charge in [0.05, 0.1) is 22.3 Å². The van der Waals surface area contributed by atoms with Crippen molar-refractivity contribution < 1.29 is 39.6 Å². The molecule has 132 valence electrons. The Balaban J connectivity index is 2.60. The minimum absolute atomic E-state index is 0.0365. The first kappa shape index (κ1) is 18.4. The van der Waals surface area contributed by atoms with Crippen molar-refractivity contribution in [2.45, 2.75) is 0 Å². The fourth-order valence-corrected chi connectivity index (χ4v) is 2.33. The number of carbonyl (C=O) groups is 4. The fourth-order valence-electron chi connectivity index (χ4n) is 2.33. The van der Waals surface area contributed by atoms with Crippen LogP contribution in [0.2, 0.25) is 0 Å². The van der Waals surface area contributed by atoms with Crippen LogP contribution in [0.4, 0.5) is 0 Å². The number of carboxylic acid groups (broad SMARTS) is 4. The fraction of sp³-hybridized carbons (Fsp3) is 0. The summed E-state index contributed by atoms with van der Waals surface area (Å²) in [6.45, 7) is 0. The molecule has 8 heteroatoms. The highest BCUT2D eigenvalue weighted by molar-refractivity contribution is 6.05. The van der Waals surface area contributed by atoms with E-state index in [4.69, 9.17) is 10.2 Å². The molecular weight excluding hydrogens is 344 g/mol. The van der Waals surface area contributed by atoms with Gasteiger partial charge in [-0.1, -0.05) is 24.3 Å². The maximum Gasteiger partial charge on any atom is 0.337 e. The van der Waals surface area contributed by atoms with E-state index in [1.54, 1.807) is 0 Å². The van der Waals surface area contributed by atoms with E-state index in [2.05, 4.69) is 0 Å². The Kier molecular flexibility index (Phi) is 5.17. The van der Waals surface area contributed by atoms with Crippen molar-refractivity contribution in [3.63, 3.8) is 0 Å². The summed E-state index contributed by atoms with van der Waals surface area (Å²) in [6, 6.07) is 7.23. The van der Waals surface area contributed by atoms with E-state index in [1.165, 1.54) is 24.3 Å². The highest BCUT2D eigenvalue weighted by atomic mass is 16.4. The molecule has 0 spiro atoms. The smallest absolute Gasteiger partial charge is 0.337 e. The zero-order valence-electron chi connectivity index (χ0n) is 13.0. The summed E-state index contributed by atoms with van der Waals surface area (Å²) < 4.78 is 0. The number of hydrogen-bond donors (Lipinski definition) is 4. The van der Waals surface area contributed by atoms with E-state index in [1.807, 2.05) is 0 Å². The summed E-state index contributed by atoms with van der Waals surface area (Å²) in [5.74, 6) is -5.42. The molecule has 4 N–H and O–H groups in total. The van der Waals surface area contributed by atoms with Gasteiger partial charge in [0.25, 0.3) is 0 Å². The lowest BCUT2D eigenvalue weighted by Gasteiger charge is -2.06. The number of hydrogen-bond acceptors (Lipinski definition) is 4. The molecular formula is C18H12O8. The van der Waals surface area contributed by atoms with Crippen LogP contribution >= 0.6 is 0 Å². The second-order valence-electron chi connectivity index (χ2n) is 5.13. The summed E-state index contributed by atoms with van der Waals surface area (Å²) in [4.78, 5) is 44.9. The predicted molar refractivity (Wildman–Crippen MR) is 89.6 cm³/mol. The highest BCUT2D eigenvalue weighted by Gasteiger charge is 2.19. The molecule has 0 bridgehead atoms. The van der Waals surface area contributed by atoms with Crippen LogP contribution < -0.4 is 0 Å². The molecule has 0 radical (unpaired) electrons. The van der Waals surface area contributed by atoms with Crippen LogP contribution in [0.25, 0.3) is 12.2 Å². The Morgan fingerprint density at radius 3 is 1.81 bits per heavy atom. The van der Waals surface area contributed by atoms with E-state index in [9.17, 15) is 29.4 Å². The molecule has 0 aromatic heterocycles. The van der Waals surface area contributed by atoms with E-state index in [-0.39, 0.29) is 22.3 Å². The lowest BCUT2D eigenvalue weighted by molar-refractivity contribution is 0.0651. The lowest BCUT2D eigenvalue weighted by atomic mass is 9.98. The van der Waals surface area contributed by atoms with E-state index < -0.39 is 35.0 Å². The molecule has 2 aromatic rings. The van der Waals surface area contributed by atoms with Crippen molar-refractivity contribution in [2.24, 2.45) is 0 Å². The van der Waals surface area contributed by atoms with Gasteiger partial charge in [-0.3, -0.25) is 0 Å². The molecule has 0 aliphatic heterocycles. The molecule has 2 rings (SSSR count). The first-order valence-electron chi connectivity index (χ1n) is 7.10. The summed E-state index contributed by atoms with van der Waals surface area (Å²) in [7, 11) is 0. The quantitative estimate of drug-likeness (QED) is 0.577. The van der Waals surface area contributed by atoms with Gasteiger partial charge < -0.3 is 20.4 Å². The SMILES string of the molecule is O=C(O)c1ccc(C(=O)O)c(/C=C\c2cccc(C(=O)O)c2C(=O)O)c1.